The molecule has 1 aromatic heterocycles. The Morgan fingerprint density at radius 3 is 2.79 bits per heavy atom. The van der Waals surface area contributed by atoms with Crippen molar-refractivity contribution in [2.45, 2.75) is 11.1 Å². The number of sulfonamides is 1. The summed E-state index contributed by atoms with van der Waals surface area (Å²) in [5.41, 5.74) is 0. The van der Waals surface area contributed by atoms with Gasteiger partial charge in [0.25, 0.3) is 10.0 Å². The van der Waals surface area contributed by atoms with Crippen molar-refractivity contribution in [2.75, 3.05) is 26.4 Å². The molecule has 9 heteroatoms. The maximum atomic E-state index is 12.3. The molecule has 1 saturated heterocycles. The fourth-order valence-corrected chi connectivity index (χ4v) is 3.29. The second-order valence-electron chi connectivity index (χ2n) is 3.95. The van der Waals surface area contributed by atoms with Gasteiger partial charge in [-0.25, -0.2) is 13.2 Å². The molecule has 0 aliphatic carbocycles. The Balaban J connectivity index is 2.32. The molecule has 0 saturated carbocycles. The number of aliphatic hydroxyl groups is 1. The summed E-state index contributed by atoms with van der Waals surface area (Å²) in [5.74, 6) is -1.80. The summed E-state index contributed by atoms with van der Waals surface area (Å²) >= 11 is 0. The van der Waals surface area contributed by atoms with Crippen molar-refractivity contribution < 1.29 is 32.6 Å². The number of ether oxygens (including phenoxy) is 1. The number of carbonyl (C=O) groups is 1. The van der Waals surface area contributed by atoms with Crippen LogP contribution < -0.4 is 0 Å². The molecule has 1 unspecified atom stereocenters. The first kappa shape index (κ1) is 14.0. The average molecular weight is 291 g/mol. The van der Waals surface area contributed by atoms with E-state index in [2.05, 4.69) is 0 Å². The van der Waals surface area contributed by atoms with E-state index in [0.717, 1.165) is 16.4 Å². The van der Waals surface area contributed by atoms with Gasteiger partial charge in [0.05, 0.1) is 25.9 Å². The average Bonchev–Trinajstić information content (AvgIpc) is 2.89. The van der Waals surface area contributed by atoms with Crippen LogP contribution in [0.4, 0.5) is 0 Å². The van der Waals surface area contributed by atoms with Crippen LogP contribution in [0.5, 0.6) is 0 Å². The standard InChI is InChI=1S/C10H13NO7S/c12-5-7-6-17-4-3-11(7)19(15,16)9-2-1-8(18-9)10(13)14/h1-2,7,12H,3-6H2,(H,13,14). The predicted octanol–water partition coefficient (Wildman–Crippen LogP) is -0.640. The number of carboxylic acids is 1. The van der Waals surface area contributed by atoms with Crippen LogP contribution >= 0.6 is 0 Å². The molecule has 19 heavy (non-hydrogen) atoms. The van der Waals surface area contributed by atoms with Crippen LogP contribution in [0.25, 0.3) is 0 Å². The number of nitrogens with zero attached hydrogens (tertiary/aromatic N) is 1. The van der Waals surface area contributed by atoms with Gasteiger partial charge in [-0.1, -0.05) is 0 Å². The number of hydrogen-bond acceptors (Lipinski definition) is 6. The lowest BCUT2D eigenvalue weighted by atomic mass is 10.3. The van der Waals surface area contributed by atoms with Crippen LogP contribution in [-0.4, -0.2) is 61.3 Å². The maximum Gasteiger partial charge on any atom is 0.371 e. The summed E-state index contributed by atoms with van der Waals surface area (Å²) in [5, 5.41) is 17.4. The van der Waals surface area contributed by atoms with Gasteiger partial charge in [0, 0.05) is 6.54 Å². The van der Waals surface area contributed by atoms with Gasteiger partial charge in [-0.2, -0.15) is 4.31 Å². The summed E-state index contributed by atoms with van der Waals surface area (Å²) in [6.07, 6.45) is 0. The highest BCUT2D eigenvalue weighted by Gasteiger charge is 2.36. The van der Waals surface area contributed by atoms with Crippen LogP contribution in [0.15, 0.2) is 21.6 Å². The Bertz CT molecular complexity index is 564. The molecule has 2 heterocycles. The Morgan fingerprint density at radius 1 is 1.47 bits per heavy atom. The third-order valence-electron chi connectivity index (χ3n) is 2.74. The lowest BCUT2D eigenvalue weighted by Crippen LogP contribution is -2.50. The number of aromatic carboxylic acids is 1. The Labute approximate surface area is 109 Å². The lowest BCUT2D eigenvalue weighted by Gasteiger charge is -2.32. The largest absolute Gasteiger partial charge is 0.475 e. The molecule has 8 nitrogen and oxygen atoms in total. The summed E-state index contributed by atoms with van der Waals surface area (Å²) in [6.45, 7) is -0.00710. The summed E-state index contributed by atoms with van der Waals surface area (Å²) in [6, 6.07) is 1.46. The number of aliphatic hydroxyl groups excluding tert-OH is 1. The molecule has 1 fully saturated rings. The van der Waals surface area contributed by atoms with Gasteiger partial charge >= 0.3 is 5.97 Å². The second kappa shape index (κ2) is 5.29. The molecule has 0 aromatic carbocycles. The summed E-state index contributed by atoms with van der Waals surface area (Å²) in [4.78, 5) is 10.7. The fourth-order valence-electron chi connectivity index (χ4n) is 1.79. The van der Waals surface area contributed by atoms with Gasteiger partial charge in [-0.05, 0) is 12.1 Å². The van der Waals surface area contributed by atoms with Crippen LogP contribution in [0, 0.1) is 0 Å². The van der Waals surface area contributed by atoms with Gasteiger partial charge in [-0.3, -0.25) is 0 Å². The van der Waals surface area contributed by atoms with Crippen LogP contribution in [0.1, 0.15) is 10.6 Å². The van der Waals surface area contributed by atoms with Crippen molar-refractivity contribution >= 4 is 16.0 Å². The molecule has 0 spiro atoms. The smallest absolute Gasteiger partial charge is 0.371 e. The number of carboxylic acid groups (broad SMARTS) is 1. The van der Waals surface area contributed by atoms with E-state index in [1.165, 1.54) is 0 Å². The highest BCUT2D eigenvalue weighted by atomic mass is 32.2. The van der Waals surface area contributed by atoms with Crippen LogP contribution in [0.3, 0.4) is 0 Å². The molecule has 1 atom stereocenters. The molecule has 2 rings (SSSR count). The van der Waals surface area contributed by atoms with Gasteiger partial charge in [0.1, 0.15) is 0 Å². The Morgan fingerprint density at radius 2 is 2.21 bits per heavy atom. The molecule has 1 aliphatic rings. The Hall–Kier alpha value is -1.42. The number of morpholine rings is 1. The van der Waals surface area contributed by atoms with Crippen molar-refractivity contribution in [3.05, 3.63) is 17.9 Å². The highest BCUT2D eigenvalue weighted by molar-refractivity contribution is 7.89. The topological polar surface area (TPSA) is 117 Å². The van der Waals surface area contributed by atoms with Crippen molar-refractivity contribution in [3.63, 3.8) is 0 Å². The number of hydrogen-bond donors (Lipinski definition) is 2. The van der Waals surface area contributed by atoms with E-state index in [1.807, 2.05) is 0 Å². The second-order valence-corrected chi connectivity index (χ2v) is 5.77. The molecule has 1 aliphatic heterocycles. The zero-order valence-corrected chi connectivity index (χ0v) is 10.7. The van der Waals surface area contributed by atoms with E-state index in [1.54, 1.807) is 0 Å². The van der Waals surface area contributed by atoms with E-state index in [4.69, 9.17) is 19.4 Å². The van der Waals surface area contributed by atoms with Gasteiger partial charge < -0.3 is 19.4 Å². The number of furan rings is 1. The monoisotopic (exact) mass is 291 g/mol. The minimum absolute atomic E-state index is 0.0800. The van der Waals surface area contributed by atoms with E-state index in [0.29, 0.717) is 0 Å². The normalized spacial score (nSPS) is 21.4. The van der Waals surface area contributed by atoms with Gasteiger partial charge in [0.2, 0.25) is 10.9 Å². The van der Waals surface area contributed by atoms with Crippen molar-refractivity contribution in [1.82, 2.24) is 4.31 Å². The van der Waals surface area contributed by atoms with E-state index in [9.17, 15) is 13.2 Å². The summed E-state index contributed by atoms with van der Waals surface area (Å²) < 4.78 is 35.5. The van der Waals surface area contributed by atoms with E-state index in [-0.39, 0.29) is 26.4 Å². The van der Waals surface area contributed by atoms with E-state index >= 15 is 0 Å². The highest BCUT2D eigenvalue weighted by Crippen LogP contribution is 2.22. The predicted molar refractivity (Wildman–Crippen MR) is 61.3 cm³/mol. The fraction of sp³-hybridized carbons (Fsp3) is 0.500. The summed E-state index contributed by atoms with van der Waals surface area (Å²) in [7, 11) is -3.97. The first-order valence-corrected chi connectivity index (χ1v) is 6.94. The van der Waals surface area contributed by atoms with Crippen molar-refractivity contribution in [1.29, 1.82) is 0 Å². The minimum Gasteiger partial charge on any atom is -0.475 e. The minimum atomic E-state index is -3.97. The molecule has 0 bridgehead atoms. The van der Waals surface area contributed by atoms with Gasteiger partial charge in [0.15, 0.2) is 0 Å². The van der Waals surface area contributed by atoms with Crippen molar-refractivity contribution in [2.24, 2.45) is 0 Å². The van der Waals surface area contributed by atoms with Crippen LogP contribution in [0.2, 0.25) is 0 Å². The third kappa shape index (κ3) is 2.63. The van der Waals surface area contributed by atoms with Crippen LogP contribution in [-0.2, 0) is 14.8 Å². The zero-order valence-electron chi connectivity index (χ0n) is 9.85. The molecule has 0 amide bonds. The molecular formula is C10H13NO7S. The van der Waals surface area contributed by atoms with Crippen molar-refractivity contribution in [3.8, 4) is 0 Å². The molecular weight excluding hydrogens is 278 g/mol. The first-order chi connectivity index (χ1) is 8.96. The SMILES string of the molecule is O=C(O)c1ccc(S(=O)(=O)N2CCOCC2CO)o1. The molecule has 2 N–H and O–H groups in total. The van der Waals surface area contributed by atoms with Gasteiger partial charge in [-0.15, -0.1) is 0 Å². The quantitative estimate of drug-likeness (QED) is 0.757. The lowest BCUT2D eigenvalue weighted by molar-refractivity contribution is 0.0103. The van der Waals surface area contributed by atoms with E-state index < -0.39 is 32.9 Å². The maximum absolute atomic E-state index is 12.3. The molecule has 0 radical (unpaired) electrons. The molecule has 1 aromatic rings. The first-order valence-electron chi connectivity index (χ1n) is 5.50. The third-order valence-corrected chi connectivity index (χ3v) is 4.57. The Kier molecular flexibility index (Phi) is 3.90. The molecule has 106 valence electrons. The zero-order chi connectivity index (χ0) is 14.0. The number of rotatable bonds is 4.